The molecule has 0 radical (unpaired) electrons. The Kier molecular flexibility index (Phi) is 23.2. The molecule has 3 heterocycles. The van der Waals surface area contributed by atoms with Crippen molar-refractivity contribution in [3.8, 4) is 0 Å². The third-order valence-electron chi connectivity index (χ3n) is 18.6. The minimum Gasteiger partial charge on any atom is -0.399 e. The van der Waals surface area contributed by atoms with Crippen molar-refractivity contribution in [2.45, 2.75) is 125 Å². The van der Waals surface area contributed by atoms with Crippen molar-refractivity contribution in [1.29, 1.82) is 0 Å². The van der Waals surface area contributed by atoms with Gasteiger partial charge < -0.3 is 36.1 Å². The fraction of sp³-hybridized carbons (Fsp3) is 0.522. The highest BCUT2D eigenvalue weighted by molar-refractivity contribution is 7.99. The third-order valence-corrected chi connectivity index (χ3v) is 22.6. The highest BCUT2D eigenvalue weighted by Crippen LogP contribution is 2.77. The number of amides is 7. The number of carbonyl (C=O) groups is 6. The number of hydrogen-bond donors (Lipinski definition) is 6. The number of hydrogen-bond acceptors (Lipinski definition) is 18. The normalized spacial score (nSPS) is 21.4. The number of rotatable bonds is 28. The number of nitrogen functional groups attached to an aromatic ring is 1. The molecule has 7 aliphatic rings. The predicted octanol–water partition coefficient (Wildman–Crippen LogP) is 8.54. The number of anilines is 3. The van der Waals surface area contributed by atoms with Gasteiger partial charge in [0.1, 0.15) is 10.9 Å². The van der Waals surface area contributed by atoms with Gasteiger partial charge in [-0.1, -0.05) is 70.0 Å². The molecule has 0 aromatic heterocycles. The van der Waals surface area contributed by atoms with Gasteiger partial charge >= 0.3 is 11.5 Å². The third kappa shape index (κ3) is 17.6. The first-order valence-corrected chi connectivity index (χ1v) is 36.3. The molecule has 4 aliphatic carbocycles. The zero-order chi connectivity index (χ0) is 68.5. The number of imide groups is 2. The van der Waals surface area contributed by atoms with Gasteiger partial charge in [-0.15, -0.1) is 11.8 Å². The second kappa shape index (κ2) is 30.6. The van der Waals surface area contributed by atoms with Crippen LogP contribution in [0.2, 0.25) is 0 Å². The maximum atomic E-state index is 14.2. The summed E-state index contributed by atoms with van der Waals surface area (Å²) in [6, 6.07) is 19.2. The number of thioether (sulfide) groups is 1. The number of sulfonamides is 1. The number of sulfone groups is 1. The molecule has 516 valence electrons. The van der Waals surface area contributed by atoms with Gasteiger partial charge in [-0.25, -0.2) is 26.4 Å². The van der Waals surface area contributed by atoms with Gasteiger partial charge in [0.15, 0.2) is 0 Å². The number of piperidine rings is 1. The Labute approximate surface area is 558 Å². The lowest BCUT2D eigenvalue weighted by Gasteiger charge is -2.72. The lowest BCUT2D eigenvalue weighted by Crippen LogP contribution is -2.61. The first kappa shape index (κ1) is 72.2. The van der Waals surface area contributed by atoms with Crippen molar-refractivity contribution < 1.29 is 68.2 Å². The molecular formula is C67H87F3N10O12S3. The van der Waals surface area contributed by atoms with Crippen molar-refractivity contribution in [3.05, 3.63) is 119 Å². The first-order chi connectivity index (χ1) is 45.0. The van der Waals surface area contributed by atoms with Gasteiger partial charge in [-0.05, 0) is 147 Å². The number of halogens is 3. The summed E-state index contributed by atoms with van der Waals surface area (Å²) in [5.41, 5.74) is 5.86. The van der Waals surface area contributed by atoms with Crippen LogP contribution in [-0.2, 0) is 38.9 Å². The van der Waals surface area contributed by atoms with E-state index in [1.54, 1.807) is 21.8 Å². The molecule has 4 aromatic carbocycles. The summed E-state index contributed by atoms with van der Waals surface area (Å²) in [5, 5.41) is 11.0. The van der Waals surface area contributed by atoms with Crippen LogP contribution in [0.25, 0.3) is 0 Å². The Morgan fingerprint density at radius 2 is 1.48 bits per heavy atom. The van der Waals surface area contributed by atoms with E-state index >= 15 is 0 Å². The Bertz CT molecular complexity index is 3710. The molecule has 11 rings (SSSR count). The largest absolute Gasteiger partial charge is 0.501 e. The van der Waals surface area contributed by atoms with Crippen molar-refractivity contribution in [2.24, 2.45) is 16.2 Å². The van der Waals surface area contributed by atoms with Crippen LogP contribution in [0.15, 0.2) is 117 Å². The van der Waals surface area contributed by atoms with Crippen molar-refractivity contribution >= 4 is 84.3 Å². The van der Waals surface area contributed by atoms with E-state index in [2.05, 4.69) is 65.7 Å². The Morgan fingerprint density at radius 3 is 2.13 bits per heavy atom. The second-order valence-corrected chi connectivity index (χ2v) is 31.0. The number of nitrogens with zero attached hydrogens (tertiary/aromatic N) is 4. The molecule has 2 atom stereocenters. The number of allylic oxidation sites excluding steroid dienone is 1. The average Bonchev–Trinajstić information content (AvgIpc) is 1.12. The van der Waals surface area contributed by atoms with Gasteiger partial charge in [0.05, 0.1) is 48.1 Å². The maximum Gasteiger partial charge on any atom is 0.501 e. The first-order valence-electron chi connectivity index (χ1n) is 32.3. The van der Waals surface area contributed by atoms with E-state index in [1.165, 1.54) is 100 Å². The molecule has 4 aromatic rings. The van der Waals surface area contributed by atoms with Crippen molar-refractivity contribution in [3.63, 3.8) is 0 Å². The number of nitrogens with one attached hydrogen (secondary N) is 5. The maximum absolute atomic E-state index is 14.2. The quantitative estimate of drug-likeness (QED) is 0.0102. The van der Waals surface area contributed by atoms with Crippen LogP contribution < -0.4 is 31.7 Å². The van der Waals surface area contributed by atoms with E-state index in [0.717, 1.165) is 27.3 Å². The lowest BCUT2D eigenvalue weighted by atomic mass is 9.33. The van der Waals surface area contributed by atoms with Gasteiger partial charge in [-0.3, -0.25) is 44.0 Å². The molecule has 0 spiro atoms. The highest BCUT2D eigenvalue weighted by Gasteiger charge is 2.67. The van der Waals surface area contributed by atoms with Crippen molar-refractivity contribution in [2.75, 3.05) is 114 Å². The minimum absolute atomic E-state index is 0.0133. The van der Waals surface area contributed by atoms with Crippen LogP contribution in [-0.4, -0.2) is 187 Å². The predicted molar refractivity (Wildman–Crippen MR) is 356 cm³/mol. The summed E-state index contributed by atoms with van der Waals surface area (Å²) >= 11 is 1.37. The number of nitrogens with two attached hydrogens (primary N) is 1. The molecule has 7 N–H and O–H groups in total. The standard InChI is InChI=1S/C48H54F3N9O12S3.C19H33N/c49-48(50,51)74(67,68)40-29-35(75(69,70)57-43(62)31-9-11-32(52)12-10-31)13-14-37(40)55-33(30-73-34-5-2-1-3-6-34)17-20-58-21-23-59(24-22-58)47(66)54-19-26-72-28-27-71-25-18-53-38-8-4-7-36-42(38)46(65)60(45(36)64)39-15-16-41(61)56-44(39)63;1-6-20(7-2)11-15-8-9-17(3,4)10-16(15)19-12-18(5,13-19)14-19/h1-14,29,33,39,53,55H,15-28,30,52H2,(H,54,66)(H,57,62)(H,56,61,63);6-14H2,1-5H3/t33-,39?;/m1./s1. The fourth-order valence-corrected chi connectivity index (χ4v) is 16.7. The zero-order valence-corrected chi connectivity index (χ0v) is 56.9. The minimum atomic E-state index is -6.13. The number of ether oxygens (including phenoxy) is 2. The van der Waals surface area contributed by atoms with Crippen LogP contribution in [0.1, 0.15) is 123 Å². The molecular weight excluding hydrogens is 1290 g/mol. The summed E-state index contributed by atoms with van der Waals surface area (Å²) in [6.45, 7) is 19.1. The summed E-state index contributed by atoms with van der Waals surface area (Å²) in [6.07, 6.45) is 8.97. The summed E-state index contributed by atoms with van der Waals surface area (Å²) in [7, 11) is -11.0. The lowest BCUT2D eigenvalue weighted by molar-refractivity contribution is -0.167. The van der Waals surface area contributed by atoms with Gasteiger partial charge in [0.25, 0.3) is 37.6 Å². The van der Waals surface area contributed by atoms with Crippen molar-refractivity contribution in [1.82, 2.24) is 35.0 Å². The van der Waals surface area contributed by atoms with Crippen LogP contribution in [0, 0.1) is 16.2 Å². The molecule has 95 heavy (non-hydrogen) atoms. The van der Waals surface area contributed by atoms with Gasteiger partial charge in [0.2, 0.25) is 11.8 Å². The number of carbonyl (C=O) groups excluding carboxylic acids is 6. The topological polar surface area (TPSA) is 288 Å². The van der Waals surface area contributed by atoms with Crippen LogP contribution in [0.5, 0.6) is 0 Å². The molecule has 2 saturated heterocycles. The average molecular weight is 1380 g/mol. The molecule has 7 amide bonds. The molecule has 2 bridgehead atoms. The Hall–Kier alpha value is -7.08. The van der Waals surface area contributed by atoms with Crippen LogP contribution in [0.3, 0.4) is 0 Å². The smallest absolute Gasteiger partial charge is 0.399 e. The van der Waals surface area contributed by atoms with E-state index in [0.29, 0.717) is 61.7 Å². The Morgan fingerprint density at radius 1 is 0.811 bits per heavy atom. The Balaban J connectivity index is 0.000000447. The number of benzene rings is 4. The van der Waals surface area contributed by atoms with E-state index in [1.807, 2.05) is 41.5 Å². The molecule has 28 heteroatoms. The van der Waals surface area contributed by atoms with E-state index in [-0.39, 0.29) is 86.5 Å². The summed E-state index contributed by atoms with van der Waals surface area (Å²) in [4.78, 5) is 81.9. The number of urea groups is 1. The van der Waals surface area contributed by atoms with E-state index in [9.17, 15) is 58.8 Å². The summed E-state index contributed by atoms with van der Waals surface area (Å²) < 4.78 is 108. The highest BCUT2D eigenvalue weighted by atomic mass is 32.2. The van der Waals surface area contributed by atoms with Crippen LogP contribution >= 0.6 is 11.8 Å². The van der Waals surface area contributed by atoms with Gasteiger partial charge in [0, 0.05) is 92.4 Å². The molecule has 5 fully saturated rings. The van der Waals surface area contributed by atoms with E-state index in [4.69, 9.17) is 15.2 Å². The zero-order valence-electron chi connectivity index (χ0n) is 54.4. The monoisotopic (exact) mass is 1380 g/mol. The molecule has 3 aliphatic heterocycles. The number of fused-ring (bicyclic) bond motifs is 1. The number of likely N-dealkylation sites (N-methyl/N-ethyl adjacent to an activating group) is 1. The number of alkyl halides is 3. The van der Waals surface area contributed by atoms with Crippen LogP contribution in [0.4, 0.5) is 35.0 Å². The summed E-state index contributed by atoms with van der Waals surface area (Å²) in [5.74, 6) is -3.24. The second-order valence-electron chi connectivity index (χ2n) is 26.3. The fourth-order valence-electron chi connectivity index (χ4n) is 13.6. The van der Waals surface area contributed by atoms with E-state index < -0.39 is 82.5 Å². The molecule has 1 unspecified atom stereocenters. The number of piperazine rings is 1. The molecule has 3 saturated carbocycles. The molecule has 22 nitrogen and oxygen atoms in total. The SMILES string of the molecule is CCN(CC)CC1=C(C23CC(C)(C2)C3)CC(C)(C)CC1.Nc1ccc(C(=O)NS(=O)(=O)c2ccc(N[C@H](CCN3CCN(C(=O)NCCOCCOCCNc4cccc5c4C(=O)N(C4CCC(=O)NC4=O)C5=O)CC3)CSc3ccccc3)c(S(=O)(=O)C(F)(F)F)c2)cc1. The van der Waals surface area contributed by atoms with Gasteiger partial charge in [-0.2, -0.15) is 13.2 Å².